The topological polar surface area (TPSA) is 114 Å². The minimum absolute atomic E-state index is 0.332. The summed E-state index contributed by atoms with van der Waals surface area (Å²) < 4.78 is 17.7. The lowest BCUT2D eigenvalue weighted by atomic mass is 9.81. The van der Waals surface area contributed by atoms with Gasteiger partial charge in [0.05, 0.1) is 24.4 Å². The first-order valence-corrected chi connectivity index (χ1v) is 11.0. The van der Waals surface area contributed by atoms with E-state index in [-0.39, 0.29) is 5.91 Å². The molecule has 1 amide bonds. The van der Waals surface area contributed by atoms with Crippen LogP contribution in [-0.2, 0) is 14.1 Å². The molecule has 1 atom stereocenters. The molecule has 3 rings (SSSR count). The summed E-state index contributed by atoms with van der Waals surface area (Å²) in [5.74, 6) is 0.135. The van der Waals surface area contributed by atoms with Gasteiger partial charge < -0.3 is 29.2 Å². The summed E-state index contributed by atoms with van der Waals surface area (Å²) >= 11 is 0. The summed E-state index contributed by atoms with van der Waals surface area (Å²) in [6, 6.07) is 0.332. The van der Waals surface area contributed by atoms with Crippen LogP contribution in [0.4, 0.5) is 0 Å². The minimum Gasteiger partial charge on any atom is -0.463 e. The smallest absolute Gasteiger partial charge is 0.463 e. The summed E-state index contributed by atoms with van der Waals surface area (Å²) in [6.07, 6.45) is 5.71. The van der Waals surface area contributed by atoms with Crippen LogP contribution >= 0.6 is 0 Å². The lowest BCUT2D eigenvalue weighted by Gasteiger charge is -2.33. The maximum atomic E-state index is 11.9. The first-order valence-electron chi connectivity index (χ1n) is 11.0. The lowest BCUT2D eigenvalue weighted by molar-refractivity contribution is -0.143. The summed E-state index contributed by atoms with van der Waals surface area (Å²) in [5.41, 5.74) is -0.0530. The lowest BCUT2D eigenvalue weighted by Crippen LogP contribution is -2.45. The van der Waals surface area contributed by atoms with Gasteiger partial charge in [-0.3, -0.25) is 4.79 Å². The summed E-state index contributed by atoms with van der Waals surface area (Å²) in [5, 5.41) is 18.4. The molecule has 10 heteroatoms. The van der Waals surface area contributed by atoms with Gasteiger partial charge in [0.25, 0.3) is 5.91 Å². The molecule has 2 saturated heterocycles. The third kappa shape index (κ3) is 5.74. The second kappa shape index (κ2) is 9.81. The van der Waals surface area contributed by atoms with Crippen LogP contribution < -0.4 is 10.2 Å². The molecule has 2 aliphatic rings. The zero-order chi connectivity index (χ0) is 22.6. The molecule has 31 heavy (non-hydrogen) atoms. The van der Waals surface area contributed by atoms with Gasteiger partial charge in [-0.05, 0) is 59.3 Å². The molecule has 0 radical (unpaired) electrons. The molecule has 9 nitrogen and oxygen atoms in total. The maximum Gasteiger partial charge on any atom is 0.498 e. The highest BCUT2D eigenvalue weighted by Crippen LogP contribution is 2.36. The molecule has 2 N–H and O–H groups in total. The van der Waals surface area contributed by atoms with Crippen LogP contribution in [0.25, 0.3) is 0 Å². The summed E-state index contributed by atoms with van der Waals surface area (Å²) in [6.45, 7) is 9.25. The van der Waals surface area contributed by atoms with Crippen LogP contribution in [0.2, 0.25) is 0 Å². The Balaban J connectivity index is 1.36. The molecule has 0 aliphatic carbocycles. The molecule has 0 bridgehead atoms. The fraction of sp³-hybridized carbons (Fsp3) is 0.762. The number of nitrogens with zero attached hydrogens (tertiary/aromatic N) is 3. The van der Waals surface area contributed by atoms with Gasteiger partial charge >= 0.3 is 13.1 Å². The SMILES string of the molecule is CC1(C)OB(c2cnc(OCCCC3CCN(C(=O)C(O)CO)CC3)nc2)OC1(C)C. The Bertz CT molecular complexity index is 721. The van der Waals surface area contributed by atoms with Crippen molar-refractivity contribution in [2.45, 2.75) is 70.7 Å². The van der Waals surface area contributed by atoms with Crippen molar-refractivity contribution in [3.63, 3.8) is 0 Å². The molecule has 3 heterocycles. The van der Waals surface area contributed by atoms with Crippen LogP contribution in [0.15, 0.2) is 12.4 Å². The Hall–Kier alpha value is -1.75. The van der Waals surface area contributed by atoms with Crippen molar-refractivity contribution in [1.82, 2.24) is 14.9 Å². The van der Waals surface area contributed by atoms with Gasteiger partial charge in [0.15, 0.2) is 6.10 Å². The summed E-state index contributed by atoms with van der Waals surface area (Å²) in [4.78, 5) is 22.1. The van der Waals surface area contributed by atoms with Gasteiger partial charge in [-0.25, -0.2) is 9.97 Å². The number of aromatic nitrogens is 2. The van der Waals surface area contributed by atoms with E-state index in [1.54, 1.807) is 17.3 Å². The number of hydrogen-bond donors (Lipinski definition) is 2. The molecule has 0 spiro atoms. The number of carbonyl (C=O) groups is 1. The number of ether oxygens (including phenoxy) is 1. The predicted molar refractivity (Wildman–Crippen MR) is 115 cm³/mol. The van der Waals surface area contributed by atoms with Crippen molar-refractivity contribution in [2.75, 3.05) is 26.3 Å². The number of piperidine rings is 1. The Labute approximate surface area is 184 Å². The van der Waals surface area contributed by atoms with Crippen LogP contribution in [0.5, 0.6) is 6.01 Å². The van der Waals surface area contributed by atoms with Gasteiger partial charge in [0.1, 0.15) is 0 Å². The number of aliphatic hydroxyl groups excluding tert-OH is 2. The van der Waals surface area contributed by atoms with Crippen LogP contribution in [-0.4, -0.2) is 81.7 Å². The Morgan fingerprint density at radius 3 is 2.35 bits per heavy atom. The number of rotatable bonds is 8. The van der Waals surface area contributed by atoms with Crippen molar-refractivity contribution in [3.8, 4) is 6.01 Å². The van der Waals surface area contributed by atoms with Gasteiger partial charge in [-0.2, -0.15) is 0 Å². The molecule has 2 aliphatic heterocycles. The van der Waals surface area contributed by atoms with Gasteiger partial charge in [-0.1, -0.05) is 0 Å². The normalized spacial score (nSPS) is 21.9. The third-order valence-electron chi connectivity index (χ3n) is 6.55. The largest absolute Gasteiger partial charge is 0.498 e. The van der Waals surface area contributed by atoms with Crippen molar-refractivity contribution >= 4 is 18.5 Å². The number of carbonyl (C=O) groups excluding carboxylic acids is 1. The fourth-order valence-electron chi connectivity index (χ4n) is 3.77. The highest BCUT2D eigenvalue weighted by molar-refractivity contribution is 6.61. The average Bonchev–Trinajstić information content (AvgIpc) is 2.98. The van der Waals surface area contributed by atoms with Gasteiger partial charge in [0.2, 0.25) is 0 Å². The number of aliphatic hydroxyl groups is 2. The second-order valence-corrected chi connectivity index (χ2v) is 9.34. The molecule has 0 aromatic carbocycles. The average molecular weight is 435 g/mol. The van der Waals surface area contributed by atoms with Crippen LogP contribution in [0.3, 0.4) is 0 Å². The van der Waals surface area contributed by atoms with E-state index in [4.69, 9.17) is 19.2 Å². The van der Waals surface area contributed by atoms with E-state index < -0.39 is 31.0 Å². The molecule has 2 fully saturated rings. The van der Waals surface area contributed by atoms with Crippen molar-refractivity contribution in [2.24, 2.45) is 5.92 Å². The number of hydrogen-bond acceptors (Lipinski definition) is 8. The molecule has 1 unspecified atom stereocenters. The molecular weight excluding hydrogens is 401 g/mol. The first kappa shape index (κ1) is 23.9. The van der Waals surface area contributed by atoms with E-state index in [0.717, 1.165) is 31.1 Å². The van der Waals surface area contributed by atoms with Crippen molar-refractivity contribution < 1.29 is 29.1 Å². The van der Waals surface area contributed by atoms with E-state index in [1.807, 2.05) is 27.7 Å². The first-order chi connectivity index (χ1) is 14.6. The van der Waals surface area contributed by atoms with E-state index in [0.29, 0.717) is 31.6 Å². The van der Waals surface area contributed by atoms with E-state index >= 15 is 0 Å². The minimum atomic E-state index is -1.30. The highest BCUT2D eigenvalue weighted by atomic mass is 16.7. The van der Waals surface area contributed by atoms with E-state index in [9.17, 15) is 9.90 Å². The monoisotopic (exact) mass is 435 g/mol. The predicted octanol–water partition coefficient (Wildman–Crippen LogP) is 0.527. The third-order valence-corrected chi connectivity index (χ3v) is 6.55. The quantitative estimate of drug-likeness (QED) is 0.449. The van der Waals surface area contributed by atoms with Gasteiger partial charge in [-0.15, -0.1) is 0 Å². The molecule has 1 aromatic heterocycles. The molecule has 0 saturated carbocycles. The van der Waals surface area contributed by atoms with Crippen LogP contribution in [0.1, 0.15) is 53.4 Å². The van der Waals surface area contributed by atoms with Crippen LogP contribution in [0, 0.1) is 5.92 Å². The Kier molecular flexibility index (Phi) is 7.57. The maximum absolute atomic E-state index is 11.9. The highest BCUT2D eigenvalue weighted by Gasteiger charge is 2.52. The van der Waals surface area contributed by atoms with E-state index in [2.05, 4.69) is 9.97 Å². The number of likely N-dealkylation sites (tertiary alicyclic amines) is 1. The molecule has 172 valence electrons. The number of amides is 1. The molecule has 1 aromatic rings. The van der Waals surface area contributed by atoms with E-state index in [1.165, 1.54) is 0 Å². The van der Waals surface area contributed by atoms with Crippen molar-refractivity contribution in [3.05, 3.63) is 12.4 Å². The zero-order valence-electron chi connectivity index (χ0n) is 18.9. The standard InChI is InChI=1S/C21H34BN3O6/c1-20(2)21(3,4)31-22(30-20)16-12-23-19(24-13-16)29-11-5-6-15-7-9-25(10-8-15)18(28)17(27)14-26/h12-13,15,17,26-27H,5-11,14H2,1-4H3. The van der Waals surface area contributed by atoms with Crippen molar-refractivity contribution in [1.29, 1.82) is 0 Å². The zero-order valence-corrected chi connectivity index (χ0v) is 18.9. The Morgan fingerprint density at radius 2 is 1.81 bits per heavy atom. The Morgan fingerprint density at radius 1 is 1.23 bits per heavy atom. The second-order valence-electron chi connectivity index (χ2n) is 9.34. The fourth-order valence-corrected chi connectivity index (χ4v) is 3.77. The molecular formula is C21H34BN3O6. The summed E-state index contributed by atoms with van der Waals surface area (Å²) in [7, 11) is -0.490. The van der Waals surface area contributed by atoms with Gasteiger partial charge in [0, 0.05) is 30.9 Å².